The summed E-state index contributed by atoms with van der Waals surface area (Å²) in [6.45, 7) is 14.1. The maximum Gasteiger partial charge on any atom is 0.185 e. The Morgan fingerprint density at radius 2 is 1.51 bits per heavy atom. The van der Waals surface area contributed by atoms with Crippen LogP contribution in [0.4, 0.5) is 5.13 Å². The Labute approximate surface area is 238 Å². The molecule has 1 aliphatic rings. The number of ether oxygens (including phenoxy) is 2. The van der Waals surface area contributed by atoms with Gasteiger partial charge in [-0.05, 0) is 59.4 Å². The standard InChI is InChI=1S/C31H42N2O4S2/c1-19(2)22-15-26(20(3)4)30(27(16-22)21(5)6)39(34,35)24-11-13-33(14-12-24)31-32-28(18-38-31)25-10-9-23(36-7)17-29(25)37-8/h9-10,15-21,24H,11-14H2,1-8H3. The van der Waals surface area contributed by atoms with Gasteiger partial charge in [-0.15, -0.1) is 11.3 Å². The van der Waals surface area contributed by atoms with Crippen LogP contribution in [0.15, 0.2) is 40.6 Å². The normalized spacial score (nSPS) is 15.0. The summed E-state index contributed by atoms with van der Waals surface area (Å²) >= 11 is 1.58. The minimum Gasteiger partial charge on any atom is -0.497 e. The summed E-state index contributed by atoms with van der Waals surface area (Å²) in [7, 11) is -0.213. The third-order valence-electron chi connectivity index (χ3n) is 7.69. The van der Waals surface area contributed by atoms with Crippen molar-refractivity contribution >= 4 is 26.3 Å². The molecule has 0 bridgehead atoms. The van der Waals surface area contributed by atoms with Crippen LogP contribution in [0.3, 0.4) is 0 Å². The van der Waals surface area contributed by atoms with Crippen molar-refractivity contribution in [2.75, 3.05) is 32.2 Å². The molecule has 0 unspecified atom stereocenters. The Hall–Kier alpha value is -2.58. The van der Waals surface area contributed by atoms with Gasteiger partial charge >= 0.3 is 0 Å². The number of thiazole rings is 1. The van der Waals surface area contributed by atoms with E-state index in [0.29, 0.717) is 42.5 Å². The quantitative estimate of drug-likeness (QED) is 0.263. The number of sulfone groups is 1. The lowest BCUT2D eigenvalue weighted by atomic mass is 9.89. The average Bonchev–Trinajstić information content (AvgIpc) is 3.42. The first-order chi connectivity index (χ1) is 18.5. The van der Waals surface area contributed by atoms with Crippen LogP contribution in [0.2, 0.25) is 0 Å². The number of anilines is 1. The minimum atomic E-state index is -3.49. The van der Waals surface area contributed by atoms with Crippen molar-refractivity contribution in [1.29, 1.82) is 0 Å². The zero-order valence-corrected chi connectivity index (χ0v) is 26.1. The summed E-state index contributed by atoms with van der Waals surface area (Å²) in [5.74, 6) is 2.06. The third-order valence-corrected chi connectivity index (χ3v) is 11.0. The number of nitrogens with zero attached hydrogens (tertiary/aromatic N) is 2. The highest BCUT2D eigenvalue weighted by molar-refractivity contribution is 7.92. The Morgan fingerprint density at radius 1 is 0.897 bits per heavy atom. The van der Waals surface area contributed by atoms with Crippen LogP contribution in [0.5, 0.6) is 11.5 Å². The maximum atomic E-state index is 14.2. The fourth-order valence-electron chi connectivity index (χ4n) is 5.29. The molecule has 2 heterocycles. The molecule has 8 heteroatoms. The van der Waals surface area contributed by atoms with Crippen molar-refractivity contribution in [1.82, 2.24) is 4.98 Å². The highest BCUT2D eigenvalue weighted by atomic mass is 32.2. The molecule has 6 nitrogen and oxygen atoms in total. The third kappa shape index (κ3) is 5.97. The second-order valence-electron chi connectivity index (χ2n) is 11.3. The van der Waals surface area contributed by atoms with Gasteiger partial charge in [-0.3, -0.25) is 0 Å². The molecular weight excluding hydrogens is 528 g/mol. The lowest BCUT2D eigenvalue weighted by molar-refractivity contribution is 0.395. The monoisotopic (exact) mass is 570 g/mol. The maximum absolute atomic E-state index is 14.2. The largest absolute Gasteiger partial charge is 0.497 e. The molecule has 0 atom stereocenters. The van der Waals surface area contributed by atoms with Crippen molar-refractivity contribution in [2.45, 2.75) is 82.3 Å². The molecule has 0 spiro atoms. The van der Waals surface area contributed by atoms with Crippen LogP contribution in [-0.4, -0.2) is 46.0 Å². The molecule has 4 rings (SSSR count). The van der Waals surface area contributed by atoms with Gasteiger partial charge < -0.3 is 14.4 Å². The lowest BCUT2D eigenvalue weighted by Gasteiger charge is -2.33. The average molecular weight is 571 g/mol. The molecule has 2 aromatic carbocycles. The summed E-state index contributed by atoms with van der Waals surface area (Å²) in [5.41, 5.74) is 4.89. The van der Waals surface area contributed by atoms with Crippen molar-refractivity contribution in [3.8, 4) is 22.8 Å². The van der Waals surface area contributed by atoms with Gasteiger partial charge in [0, 0.05) is 30.1 Å². The summed E-state index contributed by atoms with van der Waals surface area (Å²) in [6.07, 6.45) is 1.17. The fraction of sp³-hybridized carbons (Fsp3) is 0.516. The van der Waals surface area contributed by atoms with E-state index in [4.69, 9.17) is 14.5 Å². The van der Waals surface area contributed by atoms with Gasteiger partial charge in [0.1, 0.15) is 11.5 Å². The molecule has 212 valence electrons. The summed E-state index contributed by atoms with van der Waals surface area (Å²) in [4.78, 5) is 7.68. The van der Waals surface area contributed by atoms with Gasteiger partial charge in [0.25, 0.3) is 0 Å². The molecule has 1 aromatic heterocycles. The predicted octanol–water partition coefficient (Wildman–Crippen LogP) is 7.64. The van der Waals surface area contributed by atoms with Gasteiger partial charge in [0.05, 0.1) is 30.1 Å². The Bertz CT molecular complexity index is 1370. The van der Waals surface area contributed by atoms with E-state index >= 15 is 0 Å². The van der Waals surface area contributed by atoms with Crippen molar-refractivity contribution < 1.29 is 17.9 Å². The van der Waals surface area contributed by atoms with Crippen molar-refractivity contribution in [2.24, 2.45) is 0 Å². The Morgan fingerprint density at radius 3 is 2.03 bits per heavy atom. The van der Waals surface area contributed by atoms with E-state index in [1.165, 1.54) is 5.56 Å². The topological polar surface area (TPSA) is 68.7 Å². The SMILES string of the molecule is COc1ccc(-c2csc(N3CCC(S(=O)(=O)c4c(C(C)C)cc(C(C)C)cc4C(C)C)CC3)n2)c(OC)c1. The van der Waals surface area contributed by atoms with E-state index in [0.717, 1.165) is 33.3 Å². The van der Waals surface area contributed by atoms with E-state index in [2.05, 4.69) is 58.6 Å². The number of rotatable bonds is 9. The highest BCUT2D eigenvalue weighted by Gasteiger charge is 2.36. The summed E-state index contributed by atoms with van der Waals surface area (Å²) in [5, 5.41) is 2.54. The number of piperidine rings is 1. The van der Waals surface area contributed by atoms with Crippen LogP contribution in [0.1, 0.15) is 88.8 Å². The minimum absolute atomic E-state index is 0.134. The highest BCUT2D eigenvalue weighted by Crippen LogP contribution is 2.40. The summed E-state index contributed by atoms with van der Waals surface area (Å²) < 4.78 is 39.3. The van der Waals surface area contributed by atoms with E-state index in [1.54, 1.807) is 25.6 Å². The first-order valence-electron chi connectivity index (χ1n) is 13.8. The molecular formula is C31H42N2O4S2. The molecule has 39 heavy (non-hydrogen) atoms. The van der Waals surface area contributed by atoms with Gasteiger partial charge in [-0.25, -0.2) is 13.4 Å². The van der Waals surface area contributed by atoms with Gasteiger partial charge in [-0.2, -0.15) is 0 Å². The number of hydrogen-bond acceptors (Lipinski definition) is 7. The summed E-state index contributed by atoms with van der Waals surface area (Å²) in [6, 6.07) is 9.98. The molecule has 0 aliphatic carbocycles. The van der Waals surface area contributed by atoms with E-state index in [-0.39, 0.29) is 11.8 Å². The van der Waals surface area contributed by atoms with Gasteiger partial charge in [-0.1, -0.05) is 53.7 Å². The molecule has 3 aromatic rings. The lowest BCUT2D eigenvalue weighted by Crippen LogP contribution is -2.39. The van der Waals surface area contributed by atoms with Crippen LogP contribution in [0, 0.1) is 0 Å². The van der Waals surface area contributed by atoms with Gasteiger partial charge in [0.2, 0.25) is 0 Å². The predicted molar refractivity (Wildman–Crippen MR) is 162 cm³/mol. The smallest absolute Gasteiger partial charge is 0.185 e. The second kappa shape index (κ2) is 11.9. The fourth-order valence-corrected chi connectivity index (χ4v) is 8.58. The molecule has 1 aliphatic heterocycles. The zero-order chi connectivity index (χ0) is 28.5. The number of methoxy groups -OCH3 is 2. The van der Waals surface area contributed by atoms with E-state index in [1.807, 2.05) is 23.6 Å². The van der Waals surface area contributed by atoms with Crippen molar-refractivity contribution in [3.05, 3.63) is 52.4 Å². The Balaban J connectivity index is 1.58. The first kappa shape index (κ1) is 29.4. The Kier molecular flexibility index (Phi) is 8.96. The second-order valence-corrected chi connectivity index (χ2v) is 14.3. The van der Waals surface area contributed by atoms with Gasteiger partial charge in [0.15, 0.2) is 15.0 Å². The molecule has 0 radical (unpaired) electrons. The molecule has 0 amide bonds. The molecule has 1 fully saturated rings. The van der Waals surface area contributed by atoms with E-state index < -0.39 is 15.1 Å². The van der Waals surface area contributed by atoms with Crippen LogP contribution < -0.4 is 14.4 Å². The number of benzene rings is 2. The molecule has 0 saturated carbocycles. The molecule has 0 N–H and O–H groups in total. The number of hydrogen-bond donors (Lipinski definition) is 0. The van der Waals surface area contributed by atoms with Crippen LogP contribution in [-0.2, 0) is 9.84 Å². The zero-order valence-electron chi connectivity index (χ0n) is 24.4. The van der Waals surface area contributed by atoms with Crippen molar-refractivity contribution in [3.63, 3.8) is 0 Å². The van der Waals surface area contributed by atoms with E-state index in [9.17, 15) is 8.42 Å². The van der Waals surface area contributed by atoms with Crippen LogP contribution >= 0.6 is 11.3 Å². The first-order valence-corrected chi connectivity index (χ1v) is 16.2. The molecule has 1 saturated heterocycles. The van der Waals surface area contributed by atoms with Crippen LogP contribution in [0.25, 0.3) is 11.3 Å². The number of aromatic nitrogens is 1.